The fourth-order valence-corrected chi connectivity index (χ4v) is 2.93. The van der Waals surface area contributed by atoms with Gasteiger partial charge in [0.15, 0.2) is 0 Å². The maximum atomic E-state index is 11.2. The smallest absolute Gasteiger partial charge is 0.295 e. The van der Waals surface area contributed by atoms with Gasteiger partial charge in [0.1, 0.15) is 0 Å². The van der Waals surface area contributed by atoms with Gasteiger partial charge in [-0.3, -0.25) is 9.69 Å². The number of carbonyl (C=O) groups excluding carboxylic acids is 1. The molecule has 23 heavy (non-hydrogen) atoms. The summed E-state index contributed by atoms with van der Waals surface area (Å²) in [5.74, 6) is 4.93. The quantitative estimate of drug-likeness (QED) is 0.667. The van der Waals surface area contributed by atoms with E-state index in [-0.39, 0.29) is 5.91 Å². The minimum absolute atomic E-state index is 0.174. The molecule has 0 bridgehead atoms. The van der Waals surface area contributed by atoms with E-state index in [0.717, 1.165) is 39.1 Å². The molecule has 1 heterocycles. The van der Waals surface area contributed by atoms with Gasteiger partial charge in [-0.15, -0.1) is 0 Å². The number of benzene rings is 1. The first-order chi connectivity index (χ1) is 11.1. The topological polar surface area (TPSA) is 35.6 Å². The molecule has 1 amide bonds. The maximum absolute atomic E-state index is 11.2. The van der Waals surface area contributed by atoms with E-state index < -0.39 is 0 Å². The lowest BCUT2D eigenvalue weighted by Gasteiger charge is -2.37. The molecule has 0 atom stereocenters. The zero-order valence-corrected chi connectivity index (χ0v) is 14.5. The predicted octanol–water partition coefficient (Wildman–Crippen LogP) is 1.96. The van der Waals surface area contributed by atoms with Crippen molar-refractivity contribution in [2.45, 2.75) is 27.2 Å². The first-order valence-corrected chi connectivity index (χ1v) is 8.35. The number of nitrogens with zero attached hydrogens (tertiary/aromatic N) is 2. The molecule has 4 heteroatoms. The lowest BCUT2D eigenvalue weighted by Crippen LogP contribution is -2.47. The van der Waals surface area contributed by atoms with Crippen LogP contribution in [0.4, 0.5) is 5.69 Å². The molecule has 1 fully saturated rings. The number of piperazine rings is 1. The molecule has 1 saturated heterocycles. The Labute approximate surface area is 139 Å². The molecule has 0 aliphatic carbocycles. The Kier molecular flexibility index (Phi) is 6.49. The molecule has 124 valence electrons. The van der Waals surface area contributed by atoms with Gasteiger partial charge in [0.2, 0.25) is 0 Å². The van der Waals surface area contributed by atoms with Crippen LogP contribution >= 0.6 is 0 Å². The van der Waals surface area contributed by atoms with Gasteiger partial charge in [0.05, 0.1) is 0 Å². The van der Waals surface area contributed by atoms with Crippen molar-refractivity contribution >= 4 is 11.6 Å². The number of aryl methyl sites for hydroxylation is 2. The van der Waals surface area contributed by atoms with Crippen molar-refractivity contribution in [3.63, 3.8) is 0 Å². The standard InChI is InChI=1S/C19H27N3O/c1-4-6-19(23)20-9-5-10-21-11-13-22(14-12-21)18-15-16(2)7-8-17(18)3/h7-8,15H,5,9-14H2,1-3H3,(H,20,23). The molecule has 4 nitrogen and oxygen atoms in total. The van der Waals surface area contributed by atoms with Gasteiger partial charge in [-0.05, 0) is 56.9 Å². The molecule has 1 aliphatic heterocycles. The summed E-state index contributed by atoms with van der Waals surface area (Å²) in [5.41, 5.74) is 4.04. The van der Waals surface area contributed by atoms with Crippen molar-refractivity contribution in [1.82, 2.24) is 10.2 Å². The van der Waals surface area contributed by atoms with Crippen LogP contribution in [0.2, 0.25) is 0 Å². The third-order valence-electron chi connectivity index (χ3n) is 4.25. The second kappa shape index (κ2) is 8.59. The molecule has 1 aromatic carbocycles. The van der Waals surface area contributed by atoms with E-state index in [1.807, 2.05) is 0 Å². The van der Waals surface area contributed by atoms with Crippen LogP contribution in [0, 0.1) is 25.7 Å². The molecule has 1 aromatic rings. The Hall–Kier alpha value is -1.99. The zero-order chi connectivity index (χ0) is 16.7. The molecule has 0 saturated carbocycles. The molecule has 0 spiro atoms. The van der Waals surface area contributed by atoms with Crippen molar-refractivity contribution in [3.8, 4) is 11.8 Å². The van der Waals surface area contributed by atoms with Gasteiger partial charge < -0.3 is 10.2 Å². The second-order valence-corrected chi connectivity index (χ2v) is 6.10. The number of carbonyl (C=O) groups is 1. The zero-order valence-electron chi connectivity index (χ0n) is 14.5. The third kappa shape index (κ3) is 5.30. The number of amides is 1. The minimum Gasteiger partial charge on any atom is -0.369 e. The molecule has 0 radical (unpaired) electrons. The minimum atomic E-state index is -0.174. The summed E-state index contributed by atoms with van der Waals surface area (Å²) < 4.78 is 0. The van der Waals surface area contributed by atoms with Gasteiger partial charge >= 0.3 is 0 Å². The van der Waals surface area contributed by atoms with Crippen molar-refractivity contribution in [2.75, 3.05) is 44.2 Å². The summed E-state index contributed by atoms with van der Waals surface area (Å²) in [5, 5.41) is 2.82. The largest absolute Gasteiger partial charge is 0.369 e. The highest BCUT2D eigenvalue weighted by molar-refractivity contribution is 5.93. The van der Waals surface area contributed by atoms with Crippen LogP contribution in [0.1, 0.15) is 24.5 Å². The van der Waals surface area contributed by atoms with Crippen LogP contribution in [0.3, 0.4) is 0 Å². The molecular weight excluding hydrogens is 286 g/mol. The van der Waals surface area contributed by atoms with Gasteiger partial charge in [0, 0.05) is 38.4 Å². The monoisotopic (exact) mass is 313 g/mol. The van der Waals surface area contributed by atoms with Crippen LogP contribution in [-0.4, -0.2) is 50.1 Å². The molecule has 1 N–H and O–H groups in total. The SMILES string of the molecule is CC#CC(=O)NCCCN1CCN(c2cc(C)ccc2C)CC1. The Morgan fingerprint density at radius 3 is 2.65 bits per heavy atom. The summed E-state index contributed by atoms with van der Waals surface area (Å²) >= 11 is 0. The highest BCUT2D eigenvalue weighted by Gasteiger charge is 2.18. The second-order valence-electron chi connectivity index (χ2n) is 6.10. The molecule has 2 rings (SSSR count). The van der Waals surface area contributed by atoms with Crippen LogP contribution in [-0.2, 0) is 4.79 Å². The average Bonchev–Trinajstić information content (AvgIpc) is 2.55. The predicted molar refractivity (Wildman–Crippen MR) is 95.6 cm³/mol. The summed E-state index contributed by atoms with van der Waals surface area (Å²) in [7, 11) is 0. The number of hydrogen-bond acceptors (Lipinski definition) is 3. The van der Waals surface area contributed by atoms with E-state index in [0.29, 0.717) is 6.54 Å². The van der Waals surface area contributed by atoms with Crippen LogP contribution in [0.5, 0.6) is 0 Å². The van der Waals surface area contributed by atoms with E-state index >= 15 is 0 Å². The summed E-state index contributed by atoms with van der Waals surface area (Å²) in [4.78, 5) is 16.2. The molecular formula is C19H27N3O. The Morgan fingerprint density at radius 1 is 1.22 bits per heavy atom. The van der Waals surface area contributed by atoms with E-state index in [1.165, 1.54) is 16.8 Å². The fourth-order valence-electron chi connectivity index (χ4n) is 2.93. The number of rotatable bonds is 5. The average molecular weight is 313 g/mol. The van der Waals surface area contributed by atoms with Crippen molar-refractivity contribution in [2.24, 2.45) is 0 Å². The summed E-state index contributed by atoms with van der Waals surface area (Å²) in [6.45, 7) is 12.0. The Bertz CT molecular complexity index is 592. The van der Waals surface area contributed by atoms with Crippen LogP contribution in [0.25, 0.3) is 0 Å². The number of hydrogen-bond donors (Lipinski definition) is 1. The number of nitrogens with one attached hydrogen (secondary N) is 1. The third-order valence-corrected chi connectivity index (χ3v) is 4.25. The first-order valence-electron chi connectivity index (χ1n) is 8.35. The number of anilines is 1. The highest BCUT2D eigenvalue weighted by Crippen LogP contribution is 2.22. The van der Waals surface area contributed by atoms with Gasteiger partial charge in [-0.2, -0.15) is 0 Å². The lowest BCUT2D eigenvalue weighted by atomic mass is 10.1. The molecule has 0 aromatic heterocycles. The fraction of sp³-hybridized carbons (Fsp3) is 0.526. The van der Waals surface area contributed by atoms with E-state index in [2.05, 4.69) is 59.0 Å². The van der Waals surface area contributed by atoms with Gasteiger partial charge in [0.25, 0.3) is 5.91 Å². The Balaban J connectivity index is 1.72. The normalized spacial score (nSPS) is 15.0. The van der Waals surface area contributed by atoms with Crippen molar-refractivity contribution in [1.29, 1.82) is 0 Å². The van der Waals surface area contributed by atoms with Crippen LogP contribution in [0.15, 0.2) is 18.2 Å². The van der Waals surface area contributed by atoms with E-state index in [9.17, 15) is 4.79 Å². The van der Waals surface area contributed by atoms with E-state index in [4.69, 9.17) is 0 Å². The molecule has 0 unspecified atom stereocenters. The first kappa shape index (κ1) is 17.4. The maximum Gasteiger partial charge on any atom is 0.295 e. The van der Waals surface area contributed by atoms with Gasteiger partial charge in [-0.25, -0.2) is 0 Å². The van der Waals surface area contributed by atoms with Crippen LogP contribution < -0.4 is 10.2 Å². The van der Waals surface area contributed by atoms with Crippen molar-refractivity contribution in [3.05, 3.63) is 29.3 Å². The lowest BCUT2D eigenvalue weighted by molar-refractivity contribution is -0.115. The van der Waals surface area contributed by atoms with E-state index in [1.54, 1.807) is 6.92 Å². The highest BCUT2D eigenvalue weighted by atomic mass is 16.1. The summed E-state index contributed by atoms with van der Waals surface area (Å²) in [6.07, 6.45) is 0.973. The summed E-state index contributed by atoms with van der Waals surface area (Å²) in [6, 6.07) is 6.67. The van der Waals surface area contributed by atoms with Gasteiger partial charge in [-0.1, -0.05) is 18.1 Å². The van der Waals surface area contributed by atoms with Crippen molar-refractivity contribution < 1.29 is 4.79 Å². The Morgan fingerprint density at radius 2 is 1.96 bits per heavy atom. The molecule has 1 aliphatic rings.